The summed E-state index contributed by atoms with van der Waals surface area (Å²) in [5.41, 5.74) is 0.793. The molecule has 4 rings (SSSR count). The second-order valence-corrected chi connectivity index (χ2v) is 5.28. The van der Waals surface area contributed by atoms with Gasteiger partial charge in [0.2, 0.25) is 5.60 Å². The van der Waals surface area contributed by atoms with E-state index in [2.05, 4.69) is 10.2 Å². The molecule has 1 saturated heterocycles. The van der Waals surface area contributed by atoms with Crippen LogP contribution in [0.3, 0.4) is 0 Å². The second-order valence-electron chi connectivity index (χ2n) is 5.28. The zero-order chi connectivity index (χ0) is 15.7. The summed E-state index contributed by atoms with van der Waals surface area (Å²) in [5.74, 6) is -0.436. The molecule has 23 heavy (non-hydrogen) atoms. The number of hydrogen-bond acceptors (Lipinski definition) is 4. The van der Waals surface area contributed by atoms with Gasteiger partial charge in [0.25, 0.3) is 0 Å². The van der Waals surface area contributed by atoms with Gasteiger partial charge in [-0.05, 0) is 17.2 Å². The van der Waals surface area contributed by atoms with Gasteiger partial charge in [-0.1, -0.05) is 60.7 Å². The maximum atomic E-state index is 12.8. The average Bonchev–Trinajstić information content (AvgIpc) is 3.25. The Morgan fingerprint density at radius 2 is 1.52 bits per heavy atom. The van der Waals surface area contributed by atoms with E-state index in [1.807, 2.05) is 60.7 Å². The predicted octanol–water partition coefficient (Wildman–Crippen LogP) is 1.62. The molecule has 0 spiro atoms. The van der Waals surface area contributed by atoms with Crippen LogP contribution in [-0.2, 0) is 19.7 Å². The van der Waals surface area contributed by atoms with Gasteiger partial charge >= 0.3 is 13.1 Å². The molecule has 0 radical (unpaired) electrons. The maximum absolute atomic E-state index is 12.8. The summed E-state index contributed by atoms with van der Waals surface area (Å²) in [6, 6.07) is 20.5. The number of rotatable bonds is 3. The van der Waals surface area contributed by atoms with E-state index in [1.165, 1.54) is 0 Å². The second kappa shape index (κ2) is 5.41. The van der Waals surface area contributed by atoms with Crippen molar-refractivity contribution >= 4 is 18.7 Å². The molecule has 1 aromatic heterocycles. The lowest BCUT2D eigenvalue weighted by Crippen LogP contribution is -2.38. The highest BCUT2D eigenvalue weighted by Crippen LogP contribution is 2.39. The minimum atomic E-state index is -1.28. The lowest BCUT2D eigenvalue weighted by molar-refractivity contribution is -0.141. The SMILES string of the molecule is O=C1OB(c2ccn[nH]2)OC1(c1ccccc1)c1ccccc1. The summed E-state index contributed by atoms with van der Waals surface area (Å²) in [6.07, 6.45) is 1.59. The van der Waals surface area contributed by atoms with E-state index < -0.39 is 18.7 Å². The molecule has 1 fully saturated rings. The van der Waals surface area contributed by atoms with Gasteiger partial charge in [0.15, 0.2) is 0 Å². The molecule has 1 aliphatic heterocycles. The number of aromatic nitrogens is 2. The predicted molar refractivity (Wildman–Crippen MR) is 84.8 cm³/mol. The third-order valence-electron chi connectivity index (χ3n) is 3.92. The number of carbonyl (C=O) groups excluding carboxylic acids is 1. The third-order valence-corrected chi connectivity index (χ3v) is 3.92. The fourth-order valence-electron chi connectivity index (χ4n) is 2.82. The number of nitrogens with one attached hydrogen (secondary N) is 1. The van der Waals surface area contributed by atoms with E-state index in [9.17, 15) is 4.79 Å². The lowest BCUT2D eigenvalue weighted by Gasteiger charge is -2.26. The van der Waals surface area contributed by atoms with E-state index in [1.54, 1.807) is 12.3 Å². The van der Waals surface area contributed by atoms with Crippen molar-refractivity contribution in [2.24, 2.45) is 0 Å². The fraction of sp³-hybridized carbons (Fsp3) is 0.0588. The van der Waals surface area contributed by atoms with Crippen molar-refractivity contribution in [2.45, 2.75) is 5.60 Å². The maximum Gasteiger partial charge on any atom is 0.585 e. The standard InChI is InChI=1S/C17H13BN2O3/c21-16-17(13-7-3-1-4-8-13,14-9-5-2-6-10-14)23-18(22-16)15-11-12-19-20-15/h1-12H,(H,19,20). The largest absolute Gasteiger partial charge is 0.585 e. The van der Waals surface area contributed by atoms with Crippen molar-refractivity contribution in [1.29, 1.82) is 0 Å². The summed E-state index contributed by atoms with van der Waals surface area (Å²) in [5, 5.41) is 6.68. The molecule has 0 bridgehead atoms. The van der Waals surface area contributed by atoms with Crippen molar-refractivity contribution in [2.75, 3.05) is 0 Å². The molecular formula is C17H13BN2O3. The Kier molecular flexibility index (Phi) is 3.24. The molecular weight excluding hydrogens is 291 g/mol. The minimum Gasteiger partial charge on any atom is -0.502 e. The molecule has 2 heterocycles. The Balaban J connectivity index is 1.86. The minimum absolute atomic E-state index is 0.436. The van der Waals surface area contributed by atoms with Gasteiger partial charge in [-0.25, -0.2) is 4.79 Å². The first kappa shape index (κ1) is 13.8. The first-order valence-electron chi connectivity index (χ1n) is 7.30. The highest BCUT2D eigenvalue weighted by atomic mass is 16.7. The molecule has 112 valence electrons. The van der Waals surface area contributed by atoms with Crippen LogP contribution in [0.15, 0.2) is 72.9 Å². The molecule has 0 atom stereocenters. The number of benzene rings is 2. The van der Waals surface area contributed by atoms with E-state index >= 15 is 0 Å². The van der Waals surface area contributed by atoms with Crippen LogP contribution in [-0.4, -0.2) is 23.3 Å². The van der Waals surface area contributed by atoms with Crippen molar-refractivity contribution in [3.05, 3.63) is 84.1 Å². The van der Waals surface area contributed by atoms with Crippen LogP contribution < -0.4 is 5.59 Å². The summed E-state index contributed by atoms with van der Waals surface area (Å²) in [7, 11) is -0.814. The zero-order valence-corrected chi connectivity index (χ0v) is 12.2. The molecule has 0 amide bonds. The number of nitrogens with zero attached hydrogens (tertiary/aromatic N) is 1. The first-order valence-corrected chi connectivity index (χ1v) is 7.30. The molecule has 0 saturated carbocycles. The monoisotopic (exact) mass is 304 g/mol. The molecule has 6 heteroatoms. The molecule has 0 aliphatic carbocycles. The summed E-state index contributed by atoms with van der Waals surface area (Å²) in [4.78, 5) is 12.8. The highest BCUT2D eigenvalue weighted by molar-refractivity contribution is 6.63. The third kappa shape index (κ3) is 2.15. The van der Waals surface area contributed by atoms with Crippen LogP contribution in [0.25, 0.3) is 0 Å². The van der Waals surface area contributed by atoms with Gasteiger partial charge in [0.1, 0.15) is 0 Å². The number of aromatic amines is 1. The topological polar surface area (TPSA) is 64.2 Å². The van der Waals surface area contributed by atoms with Crippen molar-refractivity contribution in [1.82, 2.24) is 10.2 Å². The van der Waals surface area contributed by atoms with Crippen LogP contribution in [0.1, 0.15) is 11.1 Å². The fourth-order valence-corrected chi connectivity index (χ4v) is 2.82. The van der Waals surface area contributed by atoms with E-state index in [0.717, 1.165) is 11.1 Å². The quantitative estimate of drug-likeness (QED) is 0.747. The normalized spacial score (nSPS) is 16.3. The molecule has 1 N–H and O–H groups in total. The Bertz CT molecular complexity index is 767. The summed E-state index contributed by atoms with van der Waals surface area (Å²) >= 11 is 0. The van der Waals surface area contributed by atoms with Gasteiger partial charge in [0, 0.05) is 6.20 Å². The smallest absolute Gasteiger partial charge is 0.502 e. The van der Waals surface area contributed by atoms with Gasteiger partial charge in [-0.3, -0.25) is 5.10 Å². The van der Waals surface area contributed by atoms with Gasteiger partial charge < -0.3 is 9.31 Å². The van der Waals surface area contributed by atoms with Crippen molar-refractivity contribution in [3.63, 3.8) is 0 Å². The Morgan fingerprint density at radius 3 is 2.04 bits per heavy atom. The Labute approximate surface area is 133 Å². The molecule has 0 unspecified atom stereocenters. The van der Waals surface area contributed by atoms with Gasteiger partial charge in [-0.2, -0.15) is 5.10 Å². The molecule has 3 aromatic rings. The van der Waals surface area contributed by atoms with Crippen LogP contribution >= 0.6 is 0 Å². The first-order chi connectivity index (χ1) is 11.3. The highest BCUT2D eigenvalue weighted by Gasteiger charge is 2.56. The Hall–Kier alpha value is -2.86. The number of H-pyrrole nitrogens is 1. The molecule has 2 aromatic carbocycles. The van der Waals surface area contributed by atoms with E-state index in [-0.39, 0.29) is 0 Å². The number of carbonyl (C=O) groups is 1. The van der Waals surface area contributed by atoms with E-state index in [0.29, 0.717) is 5.59 Å². The van der Waals surface area contributed by atoms with Gasteiger partial charge in [0.05, 0.1) is 5.59 Å². The van der Waals surface area contributed by atoms with Crippen molar-refractivity contribution < 1.29 is 14.1 Å². The molecule has 1 aliphatic rings. The van der Waals surface area contributed by atoms with Crippen LogP contribution in [0.2, 0.25) is 0 Å². The van der Waals surface area contributed by atoms with Crippen LogP contribution in [0, 0.1) is 0 Å². The van der Waals surface area contributed by atoms with Gasteiger partial charge in [-0.15, -0.1) is 0 Å². The van der Waals surface area contributed by atoms with E-state index in [4.69, 9.17) is 9.31 Å². The van der Waals surface area contributed by atoms with Crippen LogP contribution in [0.5, 0.6) is 0 Å². The number of hydrogen-bond donors (Lipinski definition) is 1. The molecule has 5 nitrogen and oxygen atoms in total. The average molecular weight is 304 g/mol. The van der Waals surface area contributed by atoms with Crippen molar-refractivity contribution in [3.8, 4) is 0 Å². The lowest BCUT2D eigenvalue weighted by atomic mass is 9.82. The van der Waals surface area contributed by atoms with Crippen LogP contribution in [0.4, 0.5) is 0 Å². The summed E-state index contributed by atoms with van der Waals surface area (Å²) in [6.45, 7) is 0. The summed E-state index contributed by atoms with van der Waals surface area (Å²) < 4.78 is 11.6. The Morgan fingerprint density at radius 1 is 0.913 bits per heavy atom. The zero-order valence-electron chi connectivity index (χ0n) is 12.2.